The molecule has 0 heterocycles. The molecule has 6 heteroatoms. The molecule has 0 aliphatic rings. The second-order valence-corrected chi connectivity index (χ2v) is 6.45. The number of nitrogens with one attached hydrogen (secondary N) is 1. The number of rotatable bonds is 6. The zero-order valence-electron chi connectivity index (χ0n) is 15.9. The van der Waals surface area contributed by atoms with Crippen molar-refractivity contribution in [3.63, 3.8) is 0 Å². The maximum atomic E-state index is 12.0. The number of hydrogen-bond acceptors (Lipinski definition) is 5. The van der Waals surface area contributed by atoms with Crippen molar-refractivity contribution in [3.05, 3.63) is 64.7 Å². The molecular formula is C21H23NO5. The Hall–Kier alpha value is -3.15. The maximum Gasteiger partial charge on any atom is 0.338 e. The molecule has 0 saturated heterocycles. The van der Waals surface area contributed by atoms with Crippen LogP contribution in [0.1, 0.15) is 45.7 Å². The molecule has 6 nitrogen and oxygen atoms in total. The molecule has 0 spiro atoms. The van der Waals surface area contributed by atoms with Crippen LogP contribution >= 0.6 is 0 Å². The molecule has 27 heavy (non-hydrogen) atoms. The monoisotopic (exact) mass is 369 g/mol. The van der Waals surface area contributed by atoms with Crippen LogP contribution in [0.5, 0.6) is 0 Å². The van der Waals surface area contributed by atoms with Crippen LogP contribution < -0.4 is 5.32 Å². The molecule has 142 valence electrons. The van der Waals surface area contributed by atoms with E-state index >= 15 is 0 Å². The third-order valence-corrected chi connectivity index (χ3v) is 3.82. The third-order valence-electron chi connectivity index (χ3n) is 3.82. The van der Waals surface area contributed by atoms with E-state index in [0.717, 1.165) is 11.1 Å². The first-order valence-electron chi connectivity index (χ1n) is 8.61. The van der Waals surface area contributed by atoms with E-state index in [1.807, 2.05) is 19.9 Å². The standard InChI is InChI=1S/C21H23NO5/c1-13(2)27-21(25)16-7-9-18(10-8-16)22-19(23)12-26-20(24)17-6-5-14(3)15(4)11-17/h5-11,13H,12H2,1-4H3,(H,22,23). The normalized spacial score (nSPS) is 10.4. The van der Waals surface area contributed by atoms with Gasteiger partial charge in [-0.3, -0.25) is 4.79 Å². The molecule has 0 aliphatic heterocycles. The summed E-state index contributed by atoms with van der Waals surface area (Å²) in [6, 6.07) is 11.5. The maximum absolute atomic E-state index is 12.0. The van der Waals surface area contributed by atoms with Crippen molar-refractivity contribution in [3.8, 4) is 0 Å². The predicted octanol–water partition coefficient (Wildman–Crippen LogP) is 3.66. The Morgan fingerprint density at radius 2 is 1.52 bits per heavy atom. The van der Waals surface area contributed by atoms with Crippen molar-refractivity contribution < 1.29 is 23.9 Å². The predicted molar refractivity (Wildman–Crippen MR) is 102 cm³/mol. The van der Waals surface area contributed by atoms with Crippen LogP contribution in [0.3, 0.4) is 0 Å². The minimum absolute atomic E-state index is 0.205. The number of anilines is 1. The molecule has 2 rings (SSSR count). The summed E-state index contributed by atoms with van der Waals surface area (Å²) in [5, 5.41) is 2.61. The number of esters is 2. The number of aryl methyl sites for hydroxylation is 2. The van der Waals surface area contributed by atoms with Crippen molar-refractivity contribution in [2.45, 2.75) is 33.8 Å². The van der Waals surface area contributed by atoms with Gasteiger partial charge in [0.2, 0.25) is 0 Å². The summed E-state index contributed by atoms with van der Waals surface area (Å²) in [7, 11) is 0. The Kier molecular flexibility index (Phi) is 6.71. The molecule has 2 aromatic carbocycles. The summed E-state index contributed by atoms with van der Waals surface area (Å²) in [4.78, 5) is 35.8. The fourth-order valence-electron chi connectivity index (χ4n) is 2.25. The Bertz CT molecular complexity index is 840. The topological polar surface area (TPSA) is 81.7 Å². The number of carbonyl (C=O) groups is 3. The van der Waals surface area contributed by atoms with Crippen molar-refractivity contribution >= 4 is 23.5 Å². The summed E-state index contributed by atoms with van der Waals surface area (Å²) < 4.78 is 10.1. The first-order valence-corrected chi connectivity index (χ1v) is 8.61. The van der Waals surface area contributed by atoms with Crippen LogP contribution in [0.2, 0.25) is 0 Å². The van der Waals surface area contributed by atoms with Gasteiger partial charge < -0.3 is 14.8 Å². The van der Waals surface area contributed by atoms with Crippen LogP contribution in [0.4, 0.5) is 5.69 Å². The Labute approximate surface area is 158 Å². The van der Waals surface area contributed by atoms with Gasteiger partial charge in [-0.2, -0.15) is 0 Å². The first-order chi connectivity index (χ1) is 12.8. The van der Waals surface area contributed by atoms with E-state index in [-0.39, 0.29) is 6.10 Å². The highest BCUT2D eigenvalue weighted by Gasteiger charge is 2.12. The van der Waals surface area contributed by atoms with E-state index < -0.39 is 24.5 Å². The lowest BCUT2D eigenvalue weighted by Gasteiger charge is -2.09. The lowest BCUT2D eigenvalue weighted by molar-refractivity contribution is -0.119. The highest BCUT2D eigenvalue weighted by Crippen LogP contribution is 2.13. The fraction of sp³-hybridized carbons (Fsp3) is 0.286. The lowest BCUT2D eigenvalue weighted by Crippen LogP contribution is -2.21. The average molecular weight is 369 g/mol. The van der Waals surface area contributed by atoms with E-state index in [4.69, 9.17) is 9.47 Å². The van der Waals surface area contributed by atoms with E-state index in [1.54, 1.807) is 50.2 Å². The van der Waals surface area contributed by atoms with Crippen molar-refractivity contribution in [1.82, 2.24) is 0 Å². The van der Waals surface area contributed by atoms with Gasteiger partial charge in [0.15, 0.2) is 6.61 Å². The van der Waals surface area contributed by atoms with Gasteiger partial charge in [0, 0.05) is 5.69 Å². The molecule has 0 bridgehead atoms. The largest absolute Gasteiger partial charge is 0.459 e. The zero-order valence-corrected chi connectivity index (χ0v) is 15.9. The summed E-state index contributed by atoms with van der Waals surface area (Å²) in [5.74, 6) is -1.45. The Morgan fingerprint density at radius 3 is 2.11 bits per heavy atom. The molecular weight excluding hydrogens is 346 g/mol. The smallest absolute Gasteiger partial charge is 0.338 e. The van der Waals surface area contributed by atoms with E-state index in [9.17, 15) is 14.4 Å². The van der Waals surface area contributed by atoms with Gasteiger partial charge in [-0.05, 0) is 75.2 Å². The Balaban J connectivity index is 1.87. The third kappa shape index (κ3) is 5.95. The molecule has 0 fully saturated rings. The van der Waals surface area contributed by atoms with Crippen molar-refractivity contribution in [2.75, 3.05) is 11.9 Å². The van der Waals surface area contributed by atoms with E-state index in [0.29, 0.717) is 16.8 Å². The van der Waals surface area contributed by atoms with Crippen molar-refractivity contribution in [2.24, 2.45) is 0 Å². The fourth-order valence-corrected chi connectivity index (χ4v) is 2.25. The summed E-state index contributed by atoms with van der Waals surface area (Å²) in [5.41, 5.74) is 3.33. The lowest BCUT2D eigenvalue weighted by atomic mass is 10.1. The molecule has 1 amide bonds. The van der Waals surface area contributed by atoms with Crippen molar-refractivity contribution in [1.29, 1.82) is 0 Å². The number of hydrogen-bond donors (Lipinski definition) is 1. The second-order valence-electron chi connectivity index (χ2n) is 6.45. The van der Waals surface area contributed by atoms with E-state index in [2.05, 4.69) is 5.32 Å². The van der Waals surface area contributed by atoms with Gasteiger partial charge in [-0.25, -0.2) is 9.59 Å². The van der Waals surface area contributed by atoms with Crippen LogP contribution in [-0.2, 0) is 14.3 Å². The quantitative estimate of drug-likeness (QED) is 0.786. The van der Waals surface area contributed by atoms with Crippen LogP contribution in [0.15, 0.2) is 42.5 Å². The summed E-state index contributed by atoms with van der Waals surface area (Å²) >= 11 is 0. The van der Waals surface area contributed by atoms with Crippen LogP contribution in [-0.4, -0.2) is 30.6 Å². The SMILES string of the molecule is Cc1ccc(C(=O)OCC(=O)Nc2ccc(C(=O)OC(C)C)cc2)cc1C. The number of amides is 1. The second kappa shape index (κ2) is 8.98. The molecule has 0 unspecified atom stereocenters. The first kappa shape index (κ1) is 20.2. The summed E-state index contributed by atoms with van der Waals surface area (Å²) in [6.45, 7) is 6.99. The molecule has 0 saturated carbocycles. The molecule has 1 N–H and O–H groups in total. The van der Waals surface area contributed by atoms with Crippen LogP contribution in [0, 0.1) is 13.8 Å². The summed E-state index contributed by atoms with van der Waals surface area (Å²) in [6.07, 6.45) is -0.205. The minimum Gasteiger partial charge on any atom is -0.459 e. The molecule has 0 atom stereocenters. The minimum atomic E-state index is -0.556. The van der Waals surface area contributed by atoms with Gasteiger partial charge in [-0.15, -0.1) is 0 Å². The van der Waals surface area contributed by atoms with E-state index in [1.165, 1.54) is 0 Å². The molecule has 0 radical (unpaired) electrons. The van der Waals surface area contributed by atoms with Crippen LogP contribution in [0.25, 0.3) is 0 Å². The number of ether oxygens (including phenoxy) is 2. The Morgan fingerprint density at radius 1 is 0.889 bits per heavy atom. The van der Waals surface area contributed by atoms with Gasteiger partial charge in [0.1, 0.15) is 0 Å². The number of carbonyl (C=O) groups excluding carboxylic acids is 3. The highest BCUT2D eigenvalue weighted by molar-refractivity contribution is 5.96. The molecule has 0 aromatic heterocycles. The zero-order chi connectivity index (χ0) is 20.0. The van der Waals surface area contributed by atoms with Gasteiger partial charge >= 0.3 is 11.9 Å². The van der Waals surface area contributed by atoms with Gasteiger partial charge in [-0.1, -0.05) is 6.07 Å². The number of benzene rings is 2. The molecule has 2 aromatic rings. The highest BCUT2D eigenvalue weighted by atomic mass is 16.5. The van der Waals surface area contributed by atoms with Gasteiger partial charge in [0.05, 0.1) is 17.2 Å². The average Bonchev–Trinajstić information content (AvgIpc) is 2.62. The van der Waals surface area contributed by atoms with Gasteiger partial charge in [0.25, 0.3) is 5.91 Å². The molecule has 0 aliphatic carbocycles.